The summed E-state index contributed by atoms with van der Waals surface area (Å²) in [6.07, 6.45) is 0. The molecule has 5 heteroatoms. The summed E-state index contributed by atoms with van der Waals surface area (Å²) < 4.78 is 27.3. The molecule has 0 fully saturated rings. The largest absolute Gasteiger partial charge is 0.496 e. The number of nitrogens with two attached hydrogens (primary N) is 1. The van der Waals surface area contributed by atoms with Crippen LogP contribution in [0, 0.1) is 6.07 Å². The van der Waals surface area contributed by atoms with Crippen LogP contribution in [0.4, 0.5) is 0 Å². The second-order valence-electron chi connectivity index (χ2n) is 3.72. The van der Waals surface area contributed by atoms with Gasteiger partial charge in [0.2, 0.25) is 10.0 Å². The quantitative estimate of drug-likeness (QED) is 0.917. The smallest absolute Gasteiger partial charge is 0.238 e. The van der Waals surface area contributed by atoms with Gasteiger partial charge in [0.05, 0.1) is 12.0 Å². The first-order valence-electron chi connectivity index (χ1n) is 5.19. The van der Waals surface area contributed by atoms with Crippen molar-refractivity contribution in [1.29, 1.82) is 0 Å². The van der Waals surface area contributed by atoms with E-state index in [0.717, 1.165) is 11.1 Å². The van der Waals surface area contributed by atoms with Crippen molar-refractivity contribution in [1.82, 2.24) is 0 Å². The van der Waals surface area contributed by atoms with Gasteiger partial charge in [-0.3, -0.25) is 0 Å². The van der Waals surface area contributed by atoms with E-state index in [1.54, 1.807) is 31.4 Å². The lowest BCUT2D eigenvalue weighted by Gasteiger charge is -2.04. The minimum absolute atomic E-state index is 0.101. The molecule has 2 rings (SSSR count). The summed E-state index contributed by atoms with van der Waals surface area (Å²) in [5.74, 6) is 0.653. The van der Waals surface area contributed by atoms with E-state index in [-0.39, 0.29) is 4.90 Å². The summed E-state index contributed by atoms with van der Waals surface area (Å²) >= 11 is 0. The monoisotopic (exact) mass is 262 g/mol. The fourth-order valence-corrected chi connectivity index (χ4v) is 2.07. The van der Waals surface area contributed by atoms with E-state index in [4.69, 9.17) is 9.88 Å². The van der Waals surface area contributed by atoms with Crippen molar-refractivity contribution in [2.24, 2.45) is 5.14 Å². The fraction of sp³-hybridized carbons (Fsp3) is 0.0769. The van der Waals surface area contributed by atoms with E-state index < -0.39 is 10.0 Å². The maximum Gasteiger partial charge on any atom is 0.238 e. The van der Waals surface area contributed by atoms with Crippen molar-refractivity contribution in [3.05, 3.63) is 48.5 Å². The average Bonchev–Trinajstić information content (AvgIpc) is 2.38. The molecule has 1 radical (unpaired) electrons. The zero-order chi connectivity index (χ0) is 13.2. The Kier molecular flexibility index (Phi) is 3.36. The molecule has 0 saturated heterocycles. The van der Waals surface area contributed by atoms with Crippen LogP contribution in [0.2, 0.25) is 0 Å². The third-order valence-electron chi connectivity index (χ3n) is 2.52. The molecule has 0 aliphatic rings. The molecule has 4 nitrogen and oxygen atoms in total. The Balaban J connectivity index is 2.34. The first-order chi connectivity index (χ1) is 8.50. The molecule has 0 unspecified atom stereocenters. The highest BCUT2D eigenvalue weighted by Crippen LogP contribution is 2.22. The topological polar surface area (TPSA) is 69.4 Å². The molecule has 0 atom stereocenters. The normalized spacial score (nSPS) is 11.2. The van der Waals surface area contributed by atoms with Crippen LogP contribution in [0.15, 0.2) is 47.4 Å². The number of rotatable bonds is 3. The molecule has 0 heterocycles. The summed E-state index contributed by atoms with van der Waals surface area (Å²) in [4.78, 5) is 0.101. The molecule has 0 aliphatic carbocycles. The fourth-order valence-electron chi connectivity index (χ4n) is 1.55. The van der Waals surface area contributed by atoms with Gasteiger partial charge in [0.25, 0.3) is 0 Å². The second-order valence-corrected chi connectivity index (χ2v) is 5.28. The van der Waals surface area contributed by atoms with Crippen LogP contribution in [-0.4, -0.2) is 15.5 Å². The average molecular weight is 262 g/mol. The molecule has 2 N–H and O–H groups in total. The van der Waals surface area contributed by atoms with Gasteiger partial charge in [0.15, 0.2) is 0 Å². The molecular weight excluding hydrogens is 250 g/mol. The summed E-state index contributed by atoms with van der Waals surface area (Å²) in [5.41, 5.74) is 1.82. The SMILES string of the molecule is COc1[c]cc(-c2ccc(S(N)(=O)=O)cc2)cc1. The third kappa shape index (κ3) is 2.69. The number of methoxy groups -OCH3 is 1. The molecule has 0 bridgehead atoms. The van der Waals surface area contributed by atoms with E-state index in [2.05, 4.69) is 6.07 Å². The van der Waals surface area contributed by atoms with E-state index in [9.17, 15) is 8.42 Å². The summed E-state index contributed by atoms with van der Waals surface area (Å²) in [6.45, 7) is 0. The van der Waals surface area contributed by atoms with E-state index in [1.165, 1.54) is 12.1 Å². The molecule has 18 heavy (non-hydrogen) atoms. The molecule has 2 aromatic carbocycles. The molecule has 0 aromatic heterocycles. The second kappa shape index (κ2) is 4.80. The van der Waals surface area contributed by atoms with Crippen molar-refractivity contribution in [2.45, 2.75) is 4.90 Å². The van der Waals surface area contributed by atoms with Gasteiger partial charge in [0, 0.05) is 6.07 Å². The summed E-state index contributed by atoms with van der Waals surface area (Å²) in [5, 5.41) is 5.03. The standard InChI is InChI=1S/C13H12NO3S/c1-17-12-6-2-10(3-7-12)11-4-8-13(9-5-11)18(14,15)16/h2-6,8-9H,1H3,(H2,14,15,16). The van der Waals surface area contributed by atoms with Crippen molar-refractivity contribution in [2.75, 3.05) is 7.11 Å². The summed E-state index contributed by atoms with van der Waals surface area (Å²) in [7, 11) is -2.06. The maximum atomic E-state index is 11.1. The van der Waals surface area contributed by atoms with Crippen LogP contribution in [0.25, 0.3) is 11.1 Å². The minimum Gasteiger partial charge on any atom is -0.496 e. The maximum absolute atomic E-state index is 11.1. The van der Waals surface area contributed by atoms with Crippen LogP contribution in [0.3, 0.4) is 0 Å². The Labute approximate surface area is 106 Å². The molecule has 0 aliphatic heterocycles. The lowest BCUT2D eigenvalue weighted by molar-refractivity contribution is 0.414. The van der Waals surface area contributed by atoms with Gasteiger partial charge in [-0.05, 0) is 35.4 Å². The summed E-state index contributed by atoms with van der Waals surface area (Å²) in [6, 6.07) is 14.8. The van der Waals surface area contributed by atoms with Crippen LogP contribution in [-0.2, 0) is 10.0 Å². The Morgan fingerprint density at radius 3 is 2.11 bits per heavy atom. The zero-order valence-corrected chi connectivity index (χ0v) is 10.6. The Morgan fingerprint density at radius 1 is 1.06 bits per heavy atom. The third-order valence-corrected chi connectivity index (χ3v) is 3.45. The first-order valence-corrected chi connectivity index (χ1v) is 6.74. The molecule has 0 spiro atoms. The van der Waals surface area contributed by atoms with Crippen LogP contribution < -0.4 is 9.88 Å². The predicted molar refractivity (Wildman–Crippen MR) is 68.6 cm³/mol. The lowest BCUT2D eigenvalue weighted by Crippen LogP contribution is -2.11. The van der Waals surface area contributed by atoms with Crippen molar-refractivity contribution in [3.8, 4) is 16.9 Å². The van der Waals surface area contributed by atoms with Crippen LogP contribution in [0.5, 0.6) is 5.75 Å². The predicted octanol–water partition coefficient (Wildman–Crippen LogP) is 1.81. The number of primary sulfonamides is 1. The number of ether oxygens (including phenoxy) is 1. The molecule has 2 aromatic rings. The van der Waals surface area contributed by atoms with Gasteiger partial charge >= 0.3 is 0 Å². The van der Waals surface area contributed by atoms with Gasteiger partial charge in [-0.15, -0.1) is 0 Å². The number of hydrogen-bond acceptors (Lipinski definition) is 3. The van der Waals surface area contributed by atoms with E-state index >= 15 is 0 Å². The van der Waals surface area contributed by atoms with E-state index in [1.807, 2.05) is 6.07 Å². The van der Waals surface area contributed by atoms with Crippen molar-refractivity contribution >= 4 is 10.0 Å². The molecule has 93 valence electrons. The van der Waals surface area contributed by atoms with Gasteiger partial charge in [-0.1, -0.05) is 18.2 Å². The van der Waals surface area contributed by atoms with Crippen LogP contribution in [0.1, 0.15) is 0 Å². The van der Waals surface area contributed by atoms with Gasteiger partial charge in [-0.25, -0.2) is 13.6 Å². The highest BCUT2D eigenvalue weighted by atomic mass is 32.2. The first kappa shape index (κ1) is 12.6. The van der Waals surface area contributed by atoms with Crippen molar-refractivity contribution in [3.63, 3.8) is 0 Å². The van der Waals surface area contributed by atoms with Crippen molar-refractivity contribution < 1.29 is 13.2 Å². The highest BCUT2D eigenvalue weighted by Gasteiger charge is 2.07. The number of hydrogen-bond donors (Lipinski definition) is 1. The zero-order valence-electron chi connectivity index (χ0n) is 9.75. The Hall–Kier alpha value is -1.85. The Bertz CT molecular complexity index is 631. The Morgan fingerprint density at radius 2 is 1.67 bits per heavy atom. The number of benzene rings is 2. The van der Waals surface area contributed by atoms with E-state index in [0.29, 0.717) is 5.75 Å². The van der Waals surface area contributed by atoms with Gasteiger partial charge in [-0.2, -0.15) is 0 Å². The number of sulfonamides is 1. The molecule has 0 amide bonds. The highest BCUT2D eigenvalue weighted by molar-refractivity contribution is 7.89. The van der Waals surface area contributed by atoms with Gasteiger partial charge in [0.1, 0.15) is 5.75 Å². The minimum atomic E-state index is -3.64. The molecule has 0 saturated carbocycles. The van der Waals surface area contributed by atoms with Gasteiger partial charge < -0.3 is 4.74 Å². The lowest BCUT2D eigenvalue weighted by atomic mass is 10.1. The van der Waals surface area contributed by atoms with Crippen LogP contribution >= 0.6 is 0 Å². The molecular formula is C13H12NO3S.